The topological polar surface area (TPSA) is 48.1 Å². The van der Waals surface area contributed by atoms with Crippen LogP contribution in [0.15, 0.2) is 53.9 Å². The maximum absolute atomic E-state index is 6.14. The van der Waals surface area contributed by atoms with Gasteiger partial charge in [-0.05, 0) is 48.6 Å². The molecule has 2 N–H and O–H groups in total. The van der Waals surface area contributed by atoms with E-state index in [0.717, 1.165) is 28.4 Å². The number of nitrogens with zero attached hydrogens (tertiary/aromatic N) is 1. The Labute approximate surface area is 159 Å². The van der Waals surface area contributed by atoms with Gasteiger partial charge < -0.3 is 10.5 Å². The Morgan fingerprint density at radius 2 is 1.88 bits per heavy atom. The number of hydrogen-bond acceptors (Lipinski definition) is 4. The lowest BCUT2D eigenvalue weighted by molar-refractivity contribution is 0.301. The first-order valence-corrected chi connectivity index (χ1v) is 9.98. The highest BCUT2D eigenvalue weighted by Crippen LogP contribution is 2.34. The highest BCUT2D eigenvalue weighted by atomic mass is 32.1. The smallest absolute Gasteiger partial charge is 0.123 e. The van der Waals surface area contributed by atoms with Gasteiger partial charge in [0.25, 0.3) is 0 Å². The number of ether oxygens (including phenoxy) is 1. The molecule has 1 aromatic heterocycles. The zero-order valence-corrected chi connectivity index (χ0v) is 16.4. The number of rotatable bonds is 7. The molecule has 1 heterocycles. The van der Waals surface area contributed by atoms with E-state index in [1.807, 2.05) is 25.1 Å². The van der Waals surface area contributed by atoms with Crippen LogP contribution in [0.1, 0.15) is 55.3 Å². The quantitative estimate of drug-likeness (QED) is 0.564. The van der Waals surface area contributed by atoms with Crippen molar-refractivity contribution in [2.24, 2.45) is 5.73 Å². The molecule has 0 saturated carbocycles. The molecule has 2 aromatic carbocycles. The van der Waals surface area contributed by atoms with Crippen molar-refractivity contribution in [3.63, 3.8) is 0 Å². The van der Waals surface area contributed by atoms with Gasteiger partial charge in [0.1, 0.15) is 17.4 Å². The Hall–Kier alpha value is -2.17. The molecule has 0 spiro atoms. The van der Waals surface area contributed by atoms with Crippen LogP contribution in [0, 0.1) is 0 Å². The van der Waals surface area contributed by atoms with Crippen molar-refractivity contribution in [1.82, 2.24) is 4.98 Å². The van der Waals surface area contributed by atoms with Gasteiger partial charge in [-0.15, -0.1) is 11.3 Å². The molecule has 3 nitrogen and oxygen atoms in total. The molecular formula is C22H26N2OS. The summed E-state index contributed by atoms with van der Waals surface area (Å²) in [6.45, 7) is 6.99. The van der Waals surface area contributed by atoms with Crippen LogP contribution in [0.3, 0.4) is 0 Å². The van der Waals surface area contributed by atoms with Gasteiger partial charge in [0.15, 0.2) is 0 Å². The molecular weight excluding hydrogens is 340 g/mol. The van der Waals surface area contributed by atoms with Crippen molar-refractivity contribution in [2.75, 3.05) is 0 Å². The summed E-state index contributed by atoms with van der Waals surface area (Å²) in [5.74, 6) is 1.38. The lowest BCUT2D eigenvalue weighted by atomic mass is 9.95. The third-order valence-corrected chi connectivity index (χ3v) is 5.64. The first kappa shape index (κ1) is 18.6. The maximum Gasteiger partial charge on any atom is 0.123 e. The van der Waals surface area contributed by atoms with Crippen LogP contribution < -0.4 is 10.5 Å². The lowest BCUT2D eigenvalue weighted by Gasteiger charge is -2.17. The van der Waals surface area contributed by atoms with Gasteiger partial charge in [0.05, 0.1) is 11.7 Å². The van der Waals surface area contributed by atoms with Gasteiger partial charge in [-0.3, -0.25) is 0 Å². The molecule has 3 rings (SSSR count). The fraction of sp³-hybridized carbons (Fsp3) is 0.318. The number of aromatic nitrogens is 1. The summed E-state index contributed by atoms with van der Waals surface area (Å²) >= 11 is 1.62. The monoisotopic (exact) mass is 366 g/mol. The van der Waals surface area contributed by atoms with E-state index in [0.29, 0.717) is 12.5 Å². The van der Waals surface area contributed by atoms with Crippen LogP contribution >= 0.6 is 11.3 Å². The van der Waals surface area contributed by atoms with Gasteiger partial charge in [-0.25, -0.2) is 4.98 Å². The average molecular weight is 367 g/mol. The third kappa shape index (κ3) is 4.32. The van der Waals surface area contributed by atoms with E-state index in [1.165, 1.54) is 11.1 Å². The number of thiazole rings is 1. The molecule has 0 aliphatic rings. The molecule has 0 aliphatic carbocycles. The van der Waals surface area contributed by atoms with Crippen LogP contribution in [0.2, 0.25) is 0 Å². The number of hydrogen-bond donors (Lipinski definition) is 1. The second-order valence-electron chi connectivity index (χ2n) is 6.70. The molecule has 0 fully saturated rings. The zero-order valence-electron chi connectivity index (χ0n) is 15.6. The molecule has 0 aliphatic heterocycles. The molecule has 2 unspecified atom stereocenters. The van der Waals surface area contributed by atoms with Gasteiger partial charge >= 0.3 is 0 Å². The van der Waals surface area contributed by atoms with Crippen molar-refractivity contribution in [3.05, 3.63) is 70.0 Å². The van der Waals surface area contributed by atoms with Gasteiger partial charge in [-0.1, -0.05) is 44.2 Å². The van der Waals surface area contributed by atoms with Crippen molar-refractivity contribution in [2.45, 2.75) is 45.8 Å². The fourth-order valence-electron chi connectivity index (χ4n) is 2.81. The molecule has 136 valence electrons. The van der Waals surface area contributed by atoms with E-state index in [-0.39, 0.29) is 6.04 Å². The molecule has 0 saturated heterocycles. The predicted octanol–water partition coefficient (Wildman–Crippen LogP) is 5.92. The molecule has 0 bridgehead atoms. The molecule has 0 radical (unpaired) electrons. The van der Waals surface area contributed by atoms with E-state index in [9.17, 15) is 0 Å². The summed E-state index contributed by atoms with van der Waals surface area (Å²) in [5, 5.41) is 3.05. The van der Waals surface area contributed by atoms with Crippen LogP contribution in [-0.2, 0) is 6.61 Å². The number of nitrogens with two attached hydrogens (primary N) is 1. The fourth-order valence-corrected chi connectivity index (χ4v) is 3.60. The average Bonchev–Trinajstić information content (AvgIpc) is 3.17. The summed E-state index contributed by atoms with van der Waals surface area (Å²) in [6.07, 6.45) is 1.06. The standard InChI is InChI=1S/C22H26N2OS/c1-4-15(2)19-12-18(20-14-26-22(24-20)16(3)23)10-11-21(19)25-13-17-8-6-5-7-9-17/h5-12,14-16H,4,13,23H2,1-3H3. The first-order chi connectivity index (χ1) is 12.6. The second-order valence-corrected chi connectivity index (χ2v) is 7.59. The largest absolute Gasteiger partial charge is 0.489 e. The third-order valence-electron chi connectivity index (χ3n) is 4.60. The van der Waals surface area contributed by atoms with Crippen LogP contribution in [0.4, 0.5) is 0 Å². The summed E-state index contributed by atoms with van der Waals surface area (Å²) in [4.78, 5) is 4.68. The van der Waals surface area contributed by atoms with Crippen molar-refractivity contribution in [3.8, 4) is 17.0 Å². The van der Waals surface area contributed by atoms with Crippen LogP contribution in [0.5, 0.6) is 5.75 Å². The Morgan fingerprint density at radius 1 is 1.12 bits per heavy atom. The van der Waals surface area contributed by atoms with Crippen molar-refractivity contribution >= 4 is 11.3 Å². The highest BCUT2D eigenvalue weighted by Gasteiger charge is 2.14. The summed E-state index contributed by atoms with van der Waals surface area (Å²) < 4.78 is 6.14. The molecule has 4 heteroatoms. The second kappa shape index (κ2) is 8.47. The molecule has 2 atom stereocenters. The summed E-state index contributed by atoms with van der Waals surface area (Å²) in [7, 11) is 0. The van der Waals surface area contributed by atoms with E-state index in [4.69, 9.17) is 10.5 Å². The zero-order chi connectivity index (χ0) is 18.5. The van der Waals surface area contributed by atoms with E-state index in [1.54, 1.807) is 11.3 Å². The van der Waals surface area contributed by atoms with E-state index < -0.39 is 0 Å². The molecule has 0 amide bonds. The lowest BCUT2D eigenvalue weighted by Crippen LogP contribution is -2.04. The van der Waals surface area contributed by atoms with E-state index in [2.05, 4.69) is 54.5 Å². The Morgan fingerprint density at radius 3 is 2.54 bits per heavy atom. The number of benzene rings is 2. The minimum atomic E-state index is -0.0312. The Kier molecular flexibility index (Phi) is 6.07. The van der Waals surface area contributed by atoms with Crippen LogP contribution in [-0.4, -0.2) is 4.98 Å². The minimum Gasteiger partial charge on any atom is -0.489 e. The van der Waals surface area contributed by atoms with Gasteiger partial charge in [0.2, 0.25) is 0 Å². The predicted molar refractivity (Wildman–Crippen MR) is 110 cm³/mol. The Bertz CT molecular complexity index is 842. The van der Waals surface area contributed by atoms with Gasteiger partial charge in [-0.2, -0.15) is 0 Å². The Balaban J connectivity index is 1.87. The highest BCUT2D eigenvalue weighted by molar-refractivity contribution is 7.10. The van der Waals surface area contributed by atoms with Gasteiger partial charge in [0, 0.05) is 10.9 Å². The SMILES string of the molecule is CCC(C)c1cc(-c2csc(C(C)N)n2)ccc1OCc1ccccc1. The molecule has 3 aromatic rings. The van der Waals surface area contributed by atoms with E-state index >= 15 is 0 Å². The summed E-state index contributed by atoms with van der Waals surface area (Å²) in [6, 6.07) is 16.6. The minimum absolute atomic E-state index is 0.0312. The van der Waals surface area contributed by atoms with Crippen molar-refractivity contribution in [1.29, 1.82) is 0 Å². The first-order valence-electron chi connectivity index (χ1n) is 9.10. The van der Waals surface area contributed by atoms with Crippen molar-refractivity contribution < 1.29 is 4.74 Å². The molecule has 26 heavy (non-hydrogen) atoms. The summed E-state index contributed by atoms with van der Waals surface area (Å²) in [5.41, 5.74) is 10.5. The normalized spacial score (nSPS) is 13.4. The van der Waals surface area contributed by atoms with Crippen LogP contribution in [0.25, 0.3) is 11.3 Å². The maximum atomic E-state index is 6.14.